The Morgan fingerprint density at radius 3 is 3.05 bits per heavy atom. The molecule has 0 aromatic carbocycles. The molecule has 1 aliphatic carbocycles. The van der Waals surface area contributed by atoms with Gasteiger partial charge in [-0.15, -0.1) is 5.10 Å². The smallest absolute Gasteiger partial charge is 0.165 e. The molecule has 100 valence electrons. The van der Waals surface area contributed by atoms with Gasteiger partial charge in [0, 0.05) is 6.04 Å². The van der Waals surface area contributed by atoms with Crippen molar-refractivity contribution in [3.05, 3.63) is 28.2 Å². The summed E-state index contributed by atoms with van der Waals surface area (Å²) in [5.41, 5.74) is 1.45. The summed E-state index contributed by atoms with van der Waals surface area (Å²) in [5.74, 6) is 1.03. The molecule has 19 heavy (non-hydrogen) atoms. The molecule has 4 rings (SSSR count). The molecule has 0 bridgehead atoms. The maximum Gasteiger partial charge on any atom is 0.165 e. The number of nitrogens with zero attached hydrogens (tertiary/aromatic N) is 5. The van der Waals surface area contributed by atoms with Gasteiger partial charge in [0.25, 0.3) is 0 Å². The van der Waals surface area contributed by atoms with Crippen LogP contribution >= 0.6 is 11.3 Å². The molecule has 5 nitrogen and oxygen atoms in total. The Morgan fingerprint density at radius 2 is 2.26 bits per heavy atom. The van der Waals surface area contributed by atoms with Crippen molar-refractivity contribution < 1.29 is 0 Å². The van der Waals surface area contributed by atoms with Crippen LogP contribution in [0.15, 0.2) is 16.8 Å². The summed E-state index contributed by atoms with van der Waals surface area (Å²) in [5, 5.41) is 16.6. The SMILES string of the molecule is c1cc([C@@H]2CCCN2Cc2nnnn2C2CC2)cs1. The van der Waals surface area contributed by atoms with Gasteiger partial charge in [-0.05, 0) is 65.0 Å². The van der Waals surface area contributed by atoms with E-state index in [1.54, 1.807) is 11.3 Å². The fourth-order valence-corrected chi connectivity index (χ4v) is 3.67. The molecule has 1 saturated carbocycles. The van der Waals surface area contributed by atoms with Crippen LogP contribution in [0.25, 0.3) is 0 Å². The highest BCUT2D eigenvalue weighted by atomic mass is 32.1. The molecule has 0 N–H and O–H groups in total. The Hall–Kier alpha value is -1.27. The van der Waals surface area contributed by atoms with Crippen LogP contribution < -0.4 is 0 Å². The Kier molecular flexibility index (Phi) is 2.85. The number of hydrogen-bond acceptors (Lipinski definition) is 5. The van der Waals surface area contributed by atoms with Crippen molar-refractivity contribution in [2.75, 3.05) is 6.54 Å². The van der Waals surface area contributed by atoms with Gasteiger partial charge in [-0.3, -0.25) is 4.90 Å². The average molecular weight is 275 g/mol. The van der Waals surface area contributed by atoms with Crippen molar-refractivity contribution in [2.24, 2.45) is 0 Å². The van der Waals surface area contributed by atoms with E-state index in [1.807, 2.05) is 4.68 Å². The molecule has 1 saturated heterocycles. The van der Waals surface area contributed by atoms with Crippen LogP contribution in [0.4, 0.5) is 0 Å². The summed E-state index contributed by atoms with van der Waals surface area (Å²) in [7, 11) is 0. The third-order valence-electron chi connectivity index (χ3n) is 4.09. The molecule has 1 atom stereocenters. The fourth-order valence-electron chi connectivity index (χ4n) is 2.96. The highest BCUT2D eigenvalue weighted by Gasteiger charge is 2.31. The zero-order chi connectivity index (χ0) is 12.7. The Morgan fingerprint density at radius 1 is 1.32 bits per heavy atom. The molecule has 2 fully saturated rings. The van der Waals surface area contributed by atoms with Crippen molar-refractivity contribution in [2.45, 2.75) is 44.3 Å². The van der Waals surface area contributed by atoms with E-state index in [9.17, 15) is 0 Å². The van der Waals surface area contributed by atoms with Gasteiger partial charge in [-0.25, -0.2) is 4.68 Å². The Labute approximate surface area is 116 Å². The monoisotopic (exact) mass is 275 g/mol. The van der Waals surface area contributed by atoms with Gasteiger partial charge in [-0.1, -0.05) is 0 Å². The van der Waals surface area contributed by atoms with Crippen molar-refractivity contribution in [3.8, 4) is 0 Å². The third kappa shape index (κ3) is 2.19. The minimum Gasteiger partial charge on any atom is -0.289 e. The fraction of sp³-hybridized carbons (Fsp3) is 0.615. The molecule has 3 heterocycles. The first-order chi connectivity index (χ1) is 9.42. The van der Waals surface area contributed by atoms with Crippen LogP contribution in [-0.4, -0.2) is 31.7 Å². The van der Waals surface area contributed by atoms with E-state index in [4.69, 9.17) is 0 Å². The van der Waals surface area contributed by atoms with E-state index >= 15 is 0 Å². The van der Waals surface area contributed by atoms with Gasteiger partial charge < -0.3 is 0 Å². The van der Waals surface area contributed by atoms with E-state index in [1.165, 1.54) is 31.2 Å². The summed E-state index contributed by atoms with van der Waals surface area (Å²) in [4.78, 5) is 2.52. The first-order valence-electron chi connectivity index (χ1n) is 6.95. The normalized spacial score (nSPS) is 24.1. The minimum atomic E-state index is 0.551. The summed E-state index contributed by atoms with van der Waals surface area (Å²) < 4.78 is 2.03. The predicted molar refractivity (Wildman–Crippen MR) is 72.8 cm³/mol. The van der Waals surface area contributed by atoms with E-state index in [0.29, 0.717) is 12.1 Å². The van der Waals surface area contributed by atoms with Gasteiger partial charge in [0.05, 0.1) is 12.6 Å². The van der Waals surface area contributed by atoms with Gasteiger partial charge >= 0.3 is 0 Å². The van der Waals surface area contributed by atoms with Crippen LogP contribution in [0.1, 0.15) is 49.2 Å². The Balaban J connectivity index is 1.53. The third-order valence-corrected chi connectivity index (χ3v) is 4.79. The zero-order valence-corrected chi connectivity index (χ0v) is 11.6. The lowest BCUT2D eigenvalue weighted by atomic mass is 10.1. The van der Waals surface area contributed by atoms with E-state index < -0.39 is 0 Å². The molecular weight excluding hydrogens is 258 g/mol. The lowest BCUT2D eigenvalue weighted by Crippen LogP contribution is -2.24. The average Bonchev–Trinajstić information content (AvgIpc) is 2.90. The largest absolute Gasteiger partial charge is 0.289 e. The van der Waals surface area contributed by atoms with Gasteiger partial charge in [0.1, 0.15) is 0 Å². The van der Waals surface area contributed by atoms with Gasteiger partial charge in [0.15, 0.2) is 5.82 Å². The lowest BCUT2D eigenvalue weighted by Gasteiger charge is -2.23. The summed E-state index contributed by atoms with van der Waals surface area (Å²) in [6.45, 7) is 2.03. The molecule has 0 radical (unpaired) electrons. The molecule has 0 amide bonds. The van der Waals surface area contributed by atoms with Crippen LogP contribution in [0.5, 0.6) is 0 Å². The highest BCUT2D eigenvalue weighted by Crippen LogP contribution is 2.37. The van der Waals surface area contributed by atoms with E-state index in [0.717, 1.165) is 18.9 Å². The first-order valence-corrected chi connectivity index (χ1v) is 7.89. The van der Waals surface area contributed by atoms with E-state index in [-0.39, 0.29) is 0 Å². The quantitative estimate of drug-likeness (QED) is 0.859. The molecule has 0 spiro atoms. The molecule has 2 aliphatic rings. The number of rotatable bonds is 4. The van der Waals surface area contributed by atoms with Crippen molar-refractivity contribution >= 4 is 11.3 Å². The maximum absolute atomic E-state index is 4.22. The van der Waals surface area contributed by atoms with Crippen LogP contribution in [0.2, 0.25) is 0 Å². The number of aromatic nitrogens is 4. The standard InChI is InChI=1S/C13H17N5S/c1-2-12(10-5-7-19-9-10)17(6-1)8-13-14-15-16-18(13)11-3-4-11/h5,7,9,11-12H,1-4,6,8H2/t12-/m0/s1. The second-order valence-electron chi connectivity index (χ2n) is 5.46. The second-order valence-corrected chi connectivity index (χ2v) is 6.24. The first kappa shape index (κ1) is 11.5. The van der Waals surface area contributed by atoms with Gasteiger partial charge in [0.2, 0.25) is 0 Å². The molecule has 1 aliphatic heterocycles. The topological polar surface area (TPSA) is 46.8 Å². The second kappa shape index (κ2) is 4.68. The van der Waals surface area contributed by atoms with Crippen LogP contribution in [0.3, 0.4) is 0 Å². The van der Waals surface area contributed by atoms with Crippen LogP contribution in [-0.2, 0) is 6.54 Å². The summed E-state index contributed by atoms with van der Waals surface area (Å²) >= 11 is 1.78. The zero-order valence-electron chi connectivity index (χ0n) is 10.8. The summed E-state index contributed by atoms with van der Waals surface area (Å²) in [6, 6.07) is 3.36. The van der Waals surface area contributed by atoms with Crippen molar-refractivity contribution in [1.29, 1.82) is 0 Å². The molecule has 0 unspecified atom stereocenters. The van der Waals surface area contributed by atoms with E-state index in [2.05, 4.69) is 37.3 Å². The number of likely N-dealkylation sites (tertiary alicyclic amines) is 1. The van der Waals surface area contributed by atoms with Gasteiger partial charge in [-0.2, -0.15) is 11.3 Å². The number of tetrazole rings is 1. The van der Waals surface area contributed by atoms with Crippen molar-refractivity contribution in [3.63, 3.8) is 0 Å². The highest BCUT2D eigenvalue weighted by molar-refractivity contribution is 7.07. The maximum atomic E-state index is 4.22. The molecule has 2 aromatic heterocycles. The van der Waals surface area contributed by atoms with Crippen LogP contribution in [0, 0.1) is 0 Å². The molecule has 2 aromatic rings. The number of thiophene rings is 1. The van der Waals surface area contributed by atoms with Crippen molar-refractivity contribution in [1.82, 2.24) is 25.1 Å². The molecular formula is C13H17N5S. The predicted octanol–water partition coefficient (Wildman–Crippen LogP) is 2.41. The summed E-state index contributed by atoms with van der Waals surface area (Å²) in [6.07, 6.45) is 4.98. The molecule has 6 heteroatoms. The number of hydrogen-bond donors (Lipinski definition) is 0. The Bertz CT molecular complexity index is 545. The minimum absolute atomic E-state index is 0.551. The lowest BCUT2D eigenvalue weighted by molar-refractivity contribution is 0.237.